The van der Waals surface area contributed by atoms with Gasteiger partial charge < -0.3 is 9.15 Å². The first-order valence-corrected chi connectivity index (χ1v) is 9.63. The van der Waals surface area contributed by atoms with Gasteiger partial charge in [-0.1, -0.05) is 23.9 Å². The summed E-state index contributed by atoms with van der Waals surface area (Å²) in [7, 11) is 0. The van der Waals surface area contributed by atoms with E-state index in [1.54, 1.807) is 28.2 Å². The van der Waals surface area contributed by atoms with Crippen molar-refractivity contribution in [2.75, 3.05) is 13.2 Å². The third-order valence-electron chi connectivity index (χ3n) is 3.90. The highest BCUT2D eigenvalue weighted by molar-refractivity contribution is 8.02. The molecule has 0 saturated carbocycles. The van der Waals surface area contributed by atoms with Crippen LogP contribution in [0.25, 0.3) is 17.0 Å². The van der Waals surface area contributed by atoms with E-state index in [9.17, 15) is 14.9 Å². The van der Waals surface area contributed by atoms with Gasteiger partial charge in [0, 0.05) is 19.8 Å². The molecular formula is C19H19N3O5S. The highest BCUT2D eigenvalue weighted by Crippen LogP contribution is 2.22. The number of hydrogen-bond donors (Lipinski definition) is 0. The van der Waals surface area contributed by atoms with Crippen molar-refractivity contribution in [2.45, 2.75) is 25.0 Å². The Morgan fingerprint density at radius 3 is 2.89 bits per heavy atom. The summed E-state index contributed by atoms with van der Waals surface area (Å²) < 4.78 is 12.1. The first kappa shape index (κ1) is 19.8. The molecule has 146 valence electrons. The molecule has 3 rings (SSSR count). The number of fused-ring (bicyclic) bond motifs is 1. The number of nitro groups is 1. The summed E-state index contributed by atoms with van der Waals surface area (Å²) in [5.41, 5.74) is 0.518. The summed E-state index contributed by atoms with van der Waals surface area (Å²) >= 11 is 1.25. The molecule has 0 aliphatic carbocycles. The second kappa shape index (κ2) is 9.34. The topological polar surface area (TPSA) is 100 Å². The van der Waals surface area contributed by atoms with E-state index in [0.29, 0.717) is 48.0 Å². The Balaban J connectivity index is 1.85. The number of ether oxygens (including phenoxy) is 1. The van der Waals surface area contributed by atoms with Crippen molar-refractivity contribution < 1.29 is 14.1 Å². The lowest BCUT2D eigenvalue weighted by Gasteiger charge is -2.11. The van der Waals surface area contributed by atoms with Crippen LogP contribution in [0, 0.1) is 10.1 Å². The highest BCUT2D eigenvalue weighted by atomic mass is 32.2. The molecule has 9 heteroatoms. The second-order valence-corrected chi connectivity index (χ2v) is 6.65. The van der Waals surface area contributed by atoms with E-state index in [1.165, 1.54) is 23.9 Å². The summed E-state index contributed by atoms with van der Waals surface area (Å²) in [4.78, 5) is 27.6. The van der Waals surface area contributed by atoms with Crippen LogP contribution in [0.15, 0.2) is 56.2 Å². The van der Waals surface area contributed by atoms with E-state index in [-0.39, 0.29) is 11.4 Å². The first-order chi connectivity index (χ1) is 13.6. The molecule has 0 amide bonds. The lowest BCUT2D eigenvalue weighted by Crippen LogP contribution is -2.24. The summed E-state index contributed by atoms with van der Waals surface area (Å²) in [5, 5.41) is 13.5. The van der Waals surface area contributed by atoms with Crippen LogP contribution in [0.4, 0.5) is 5.88 Å². The molecule has 0 unspecified atom stereocenters. The maximum absolute atomic E-state index is 12.9. The zero-order chi connectivity index (χ0) is 19.9. The average molecular weight is 401 g/mol. The van der Waals surface area contributed by atoms with Crippen molar-refractivity contribution in [1.82, 2.24) is 9.55 Å². The van der Waals surface area contributed by atoms with Crippen molar-refractivity contribution in [2.24, 2.45) is 0 Å². The van der Waals surface area contributed by atoms with Gasteiger partial charge in [0.05, 0.1) is 17.0 Å². The average Bonchev–Trinajstić information content (AvgIpc) is 3.16. The third-order valence-corrected chi connectivity index (χ3v) is 4.69. The molecule has 8 nitrogen and oxygen atoms in total. The van der Waals surface area contributed by atoms with Crippen LogP contribution in [0.5, 0.6) is 0 Å². The Morgan fingerprint density at radius 1 is 1.32 bits per heavy atom. The Bertz CT molecular complexity index is 1060. The maximum atomic E-state index is 12.9. The fourth-order valence-electron chi connectivity index (χ4n) is 2.60. The molecule has 3 aromatic rings. The fraction of sp³-hybridized carbons (Fsp3) is 0.263. The van der Waals surface area contributed by atoms with Crippen LogP contribution in [0.2, 0.25) is 0 Å². The minimum Gasteiger partial charge on any atom is -0.401 e. The number of aromatic nitrogens is 2. The molecule has 2 aromatic heterocycles. The van der Waals surface area contributed by atoms with Gasteiger partial charge in [-0.25, -0.2) is 4.98 Å². The Kier molecular flexibility index (Phi) is 6.62. The summed E-state index contributed by atoms with van der Waals surface area (Å²) in [6.45, 7) is 3.60. The molecule has 1 aromatic carbocycles. The van der Waals surface area contributed by atoms with E-state index in [4.69, 9.17) is 9.15 Å². The number of thioether (sulfide) groups is 1. The normalized spacial score (nSPS) is 11.5. The molecule has 0 atom stereocenters. The quantitative estimate of drug-likeness (QED) is 0.175. The minimum absolute atomic E-state index is 0.105. The zero-order valence-electron chi connectivity index (χ0n) is 15.2. The number of hydrogen-bond acceptors (Lipinski definition) is 7. The monoisotopic (exact) mass is 401 g/mol. The van der Waals surface area contributed by atoms with Crippen LogP contribution in [-0.4, -0.2) is 27.7 Å². The molecule has 0 N–H and O–H groups in total. The molecule has 0 aliphatic rings. The number of rotatable bonds is 9. The predicted octanol–water partition coefficient (Wildman–Crippen LogP) is 4.09. The van der Waals surface area contributed by atoms with E-state index in [0.717, 1.165) is 0 Å². The molecule has 0 saturated heterocycles. The van der Waals surface area contributed by atoms with Gasteiger partial charge in [-0.2, -0.15) is 0 Å². The SMILES string of the molecule is CCOCCCn1c(S/C=C/c2ccc([N+](=O)[O-])o2)nc2ccccc2c1=O. The van der Waals surface area contributed by atoms with Crippen molar-refractivity contribution in [1.29, 1.82) is 0 Å². The van der Waals surface area contributed by atoms with Crippen LogP contribution in [-0.2, 0) is 11.3 Å². The van der Waals surface area contributed by atoms with Gasteiger partial charge in [-0.15, -0.1) is 0 Å². The second-order valence-electron chi connectivity index (χ2n) is 5.77. The maximum Gasteiger partial charge on any atom is 0.433 e. The molecule has 2 heterocycles. The Morgan fingerprint density at radius 2 is 2.14 bits per heavy atom. The molecule has 0 aliphatic heterocycles. The molecule has 0 spiro atoms. The highest BCUT2D eigenvalue weighted by Gasteiger charge is 2.12. The molecule has 0 fully saturated rings. The smallest absolute Gasteiger partial charge is 0.401 e. The van der Waals surface area contributed by atoms with E-state index < -0.39 is 4.92 Å². The standard InChI is InChI=1S/C19H19N3O5S/c1-2-26-12-5-11-21-18(23)15-6-3-4-7-16(15)20-19(21)28-13-10-14-8-9-17(27-14)22(24)25/h3-4,6-10,13H,2,5,11-12H2,1H3/b13-10+. The molecule has 0 radical (unpaired) electrons. The van der Waals surface area contributed by atoms with Crippen LogP contribution >= 0.6 is 11.8 Å². The van der Waals surface area contributed by atoms with Gasteiger partial charge in [-0.3, -0.25) is 19.5 Å². The molecule has 0 bridgehead atoms. The first-order valence-electron chi connectivity index (χ1n) is 8.75. The van der Waals surface area contributed by atoms with E-state index >= 15 is 0 Å². The molecule has 28 heavy (non-hydrogen) atoms. The van der Waals surface area contributed by atoms with Gasteiger partial charge >= 0.3 is 5.88 Å². The van der Waals surface area contributed by atoms with Crippen molar-refractivity contribution >= 4 is 34.6 Å². The van der Waals surface area contributed by atoms with E-state index in [2.05, 4.69) is 4.98 Å². The van der Waals surface area contributed by atoms with Crippen LogP contribution in [0.1, 0.15) is 19.1 Å². The largest absolute Gasteiger partial charge is 0.433 e. The van der Waals surface area contributed by atoms with Gasteiger partial charge in [0.1, 0.15) is 10.7 Å². The number of benzene rings is 1. The van der Waals surface area contributed by atoms with Gasteiger partial charge in [0.2, 0.25) is 0 Å². The zero-order valence-corrected chi connectivity index (χ0v) is 16.1. The Labute approximate surface area is 165 Å². The van der Waals surface area contributed by atoms with Crippen molar-refractivity contribution in [3.63, 3.8) is 0 Å². The third kappa shape index (κ3) is 4.68. The van der Waals surface area contributed by atoms with Crippen molar-refractivity contribution in [3.05, 3.63) is 68.0 Å². The van der Waals surface area contributed by atoms with E-state index in [1.807, 2.05) is 19.1 Å². The predicted molar refractivity (Wildman–Crippen MR) is 107 cm³/mol. The lowest BCUT2D eigenvalue weighted by atomic mass is 10.2. The fourth-order valence-corrected chi connectivity index (χ4v) is 3.37. The summed E-state index contributed by atoms with van der Waals surface area (Å²) in [6.07, 6.45) is 2.29. The Hall–Kier alpha value is -2.91. The summed E-state index contributed by atoms with van der Waals surface area (Å²) in [5.74, 6) is 0.0338. The van der Waals surface area contributed by atoms with Crippen LogP contribution < -0.4 is 5.56 Å². The molecular weight excluding hydrogens is 382 g/mol. The number of furan rings is 1. The number of para-hydroxylation sites is 1. The lowest BCUT2D eigenvalue weighted by molar-refractivity contribution is -0.402. The van der Waals surface area contributed by atoms with Crippen molar-refractivity contribution in [3.8, 4) is 0 Å². The van der Waals surface area contributed by atoms with Gasteiger partial charge in [-0.05, 0) is 43.0 Å². The summed E-state index contributed by atoms with van der Waals surface area (Å²) in [6, 6.07) is 10.0. The van der Waals surface area contributed by atoms with Crippen LogP contribution in [0.3, 0.4) is 0 Å². The minimum atomic E-state index is -0.592. The number of nitrogens with zero attached hydrogens (tertiary/aromatic N) is 3. The van der Waals surface area contributed by atoms with Gasteiger partial charge in [0.15, 0.2) is 5.16 Å². The van der Waals surface area contributed by atoms with Gasteiger partial charge in [0.25, 0.3) is 5.56 Å².